The van der Waals surface area contributed by atoms with Crippen LogP contribution in [0.4, 0.5) is 5.69 Å². The molecule has 4 aromatic rings. The second-order valence-corrected chi connectivity index (χ2v) is 7.04. The van der Waals surface area contributed by atoms with Crippen LogP contribution in [0.15, 0.2) is 77.6 Å². The Morgan fingerprint density at radius 3 is 2.60 bits per heavy atom. The van der Waals surface area contributed by atoms with E-state index in [1.165, 1.54) is 4.57 Å². The lowest BCUT2D eigenvalue weighted by atomic mass is 10.2. The molecule has 0 saturated carbocycles. The molecule has 0 aliphatic carbocycles. The highest BCUT2D eigenvalue weighted by Gasteiger charge is 2.13. The predicted octanol–water partition coefficient (Wildman–Crippen LogP) is 4.37. The van der Waals surface area contributed by atoms with E-state index in [9.17, 15) is 9.59 Å². The molecule has 0 unspecified atom stereocenters. The molecule has 3 aromatic carbocycles. The van der Waals surface area contributed by atoms with Gasteiger partial charge in [0.25, 0.3) is 11.5 Å². The Morgan fingerprint density at radius 2 is 1.80 bits per heavy atom. The molecule has 1 aromatic heterocycles. The number of hydrogen-bond acceptors (Lipinski definition) is 4. The number of halogens is 1. The third kappa shape index (κ3) is 4.04. The highest BCUT2D eigenvalue weighted by molar-refractivity contribution is 6.33. The van der Waals surface area contributed by atoms with E-state index in [4.69, 9.17) is 16.3 Å². The number of rotatable bonds is 5. The molecule has 0 atom stereocenters. The summed E-state index contributed by atoms with van der Waals surface area (Å²) in [5, 5.41) is 3.60. The van der Waals surface area contributed by atoms with Gasteiger partial charge in [0.15, 0.2) is 6.61 Å². The van der Waals surface area contributed by atoms with Crippen LogP contribution >= 0.6 is 11.6 Å². The zero-order valence-electron chi connectivity index (χ0n) is 16.1. The molecule has 0 aliphatic rings. The van der Waals surface area contributed by atoms with Crippen molar-refractivity contribution in [2.75, 3.05) is 11.9 Å². The molecule has 1 heterocycles. The molecule has 6 nitrogen and oxygen atoms in total. The number of benzene rings is 3. The fourth-order valence-corrected chi connectivity index (χ4v) is 3.31. The zero-order chi connectivity index (χ0) is 21.1. The topological polar surface area (TPSA) is 73.2 Å². The second kappa shape index (κ2) is 8.39. The lowest BCUT2D eigenvalue weighted by Crippen LogP contribution is -2.23. The van der Waals surface area contributed by atoms with Crippen LogP contribution in [0.1, 0.15) is 5.82 Å². The Labute approximate surface area is 177 Å². The molecule has 4 rings (SSSR count). The van der Waals surface area contributed by atoms with E-state index in [2.05, 4.69) is 10.3 Å². The Morgan fingerprint density at radius 1 is 1.07 bits per heavy atom. The molecule has 30 heavy (non-hydrogen) atoms. The Hall–Kier alpha value is -3.64. The van der Waals surface area contributed by atoms with Crippen molar-refractivity contribution in [2.24, 2.45) is 0 Å². The average molecular weight is 420 g/mol. The summed E-state index contributed by atoms with van der Waals surface area (Å²) >= 11 is 6.26. The van der Waals surface area contributed by atoms with Crippen molar-refractivity contribution >= 4 is 34.1 Å². The fourth-order valence-electron chi connectivity index (χ4n) is 3.15. The second-order valence-electron chi connectivity index (χ2n) is 6.63. The van der Waals surface area contributed by atoms with E-state index in [-0.39, 0.29) is 18.1 Å². The number of nitrogens with zero attached hydrogens (tertiary/aromatic N) is 2. The lowest BCUT2D eigenvalue weighted by Gasteiger charge is -2.14. The summed E-state index contributed by atoms with van der Waals surface area (Å²) in [6.45, 7) is 1.59. The van der Waals surface area contributed by atoms with Crippen LogP contribution in [0.5, 0.6) is 5.75 Å². The summed E-state index contributed by atoms with van der Waals surface area (Å²) in [5.41, 5.74) is 1.39. The standard InChI is InChI=1S/C23H18ClN3O3/c1-15-25-20-10-6-5-9-18(20)23(29)27(15)16-11-12-19(24)21(13-16)26-22(28)14-30-17-7-3-2-4-8-17/h2-13H,14H2,1H3,(H,26,28). The summed E-state index contributed by atoms with van der Waals surface area (Å²) < 4.78 is 6.96. The van der Waals surface area contributed by atoms with Crippen molar-refractivity contribution < 1.29 is 9.53 Å². The van der Waals surface area contributed by atoms with Crippen molar-refractivity contribution in [3.05, 3.63) is 94.0 Å². The van der Waals surface area contributed by atoms with Crippen LogP contribution in [0.3, 0.4) is 0 Å². The first-order valence-corrected chi connectivity index (χ1v) is 9.67. The smallest absolute Gasteiger partial charge is 0.265 e. The Bertz CT molecular complexity index is 1290. The number of carbonyl (C=O) groups excluding carboxylic acids is 1. The van der Waals surface area contributed by atoms with Crippen molar-refractivity contribution in [1.82, 2.24) is 9.55 Å². The molecule has 0 spiro atoms. The maximum atomic E-state index is 13.0. The summed E-state index contributed by atoms with van der Waals surface area (Å²) in [6, 6.07) is 21.2. The van der Waals surface area contributed by atoms with Crippen LogP contribution in [0.2, 0.25) is 5.02 Å². The summed E-state index contributed by atoms with van der Waals surface area (Å²) in [4.78, 5) is 29.8. The van der Waals surface area contributed by atoms with Gasteiger partial charge in [0, 0.05) is 0 Å². The number of ether oxygens (including phenoxy) is 1. The van der Waals surface area contributed by atoms with E-state index in [1.807, 2.05) is 24.3 Å². The van der Waals surface area contributed by atoms with Crippen LogP contribution in [0.25, 0.3) is 16.6 Å². The molecule has 0 saturated heterocycles. The molecule has 7 heteroatoms. The van der Waals surface area contributed by atoms with E-state index in [0.29, 0.717) is 38.9 Å². The van der Waals surface area contributed by atoms with Gasteiger partial charge in [-0.05, 0) is 49.4 Å². The average Bonchev–Trinajstić information content (AvgIpc) is 2.75. The predicted molar refractivity (Wildman–Crippen MR) is 118 cm³/mol. The van der Waals surface area contributed by atoms with Gasteiger partial charge in [0.2, 0.25) is 0 Å². The van der Waals surface area contributed by atoms with Crippen LogP contribution in [-0.2, 0) is 4.79 Å². The third-order valence-electron chi connectivity index (χ3n) is 4.54. The molecule has 0 bridgehead atoms. The molecular weight excluding hydrogens is 402 g/mol. The summed E-state index contributed by atoms with van der Waals surface area (Å²) in [6.07, 6.45) is 0. The number of carbonyl (C=O) groups is 1. The third-order valence-corrected chi connectivity index (χ3v) is 4.87. The highest BCUT2D eigenvalue weighted by atomic mass is 35.5. The van der Waals surface area contributed by atoms with Crippen molar-refractivity contribution in [3.63, 3.8) is 0 Å². The van der Waals surface area contributed by atoms with Gasteiger partial charge in [-0.15, -0.1) is 0 Å². The van der Waals surface area contributed by atoms with Gasteiger partial charge >= 0.3 is 0 Å². The van der Waals surface area contributed by atoms with Crippen molar-refractivity contribution in [1.29, 1.82) is 0 Å². The number of amides is 1. The summed E-state index contributed by atoms with van der Waals surface area (Å²) in [5.74, 6) is 0.765. The molecular formula is C23H18ClN3O3. The minimum absolute atomic E-state index is 0.166. The fraction of sp³-hybridized carbons (Fsp3) is 0.0870. The molecule has 0 fully saturated rings. The monoisotopic (exact) mass is 419 g/mol. The minimum atomic E-state index is -0.362. The van der Waals surface area contributed by atoms with Gasteiger partial charge in [-0.2, -0.15) is 0 Å². The normalized spacial score (nSPS) is 10.7. The number of nitrogens with one attached hydrogen (secondary N) is 1. The zero-order valence-corrected chi connectivity index (χ0v) is 16.9. The number of aryl methyl sites for hydroxylation is 1. The number of para-hydroxylation sites is 2. The number of anilines is 1. The minimum Gasteiger partial charge on any atom is -0.484 e. The van der Waals surface area contributed by atoms with Crippen LogP contribution in [-0.4, -0.2) is 22.1 Å². The highest BCUT2D eigenvalue weighted by Crippen LogP contribution is 2.25. The van der Waals surface area contributed by atoms with Crippen LogP contribution < -0.4 is 15.6 Å². The van der Waals surface area contributed by atoms with E-state index in [1.54, 1.807) is 55.5 Å². The Kier molecular flexibility index (Phi) is 5.50. The van der Waals surface area contributed by atoms with E-state index < -0.39 is 0 Å². The maximum Gasteiger partial charge on any atom is 0.265 e. The first-order valence-electron chi connectivity index (χ1n) is 9.29. The molecule has 150 valence electrons. The molecule has 0 aliphatic heterocycles. The van der Waals surface area contributed by atoms with Gasteiger partial charge in [0.05, 0.1) is 27.3 Å². The van der Waals surface area contributed by atoms with Gasteiger partial charge < -0.3 is 10.1 Å². The lowest BCUT2D eigenvalue weighted by molar-refractivity contribution is -0.118. The first-order chi connectivity index (χ1) is 14.5. The summed E-state index contributed by atoms with van der Waals surface area (Å²) in [7, 11) is 0. The number of aromatic nitrogens is 2. The van der Waals surface area contributed by atoms with Crippen molar-refractivity contribution in [3.8, 4) is 11.4 Å². The van der Waals surface area contributed by atoms with Gasteiger partial charge in [-0.25, -0.2) is 4.98 Å². The number of hydrogen-bond donors (Lipinski definition) is 1. The number of fused-ring (bicyclic) bond motifs is 1. The van der Waals surface area contributed by atoms with Gasteiger partial charge in [0.1, 0.15) is 11.6 Å². The van der Waals surface area contributed by atoms with Gasteiger partial charge in [-0.1, -0.05) is 41.9 Å². The molecule has 1 N–H and O–H groups in total. The molecule has 1 amide bonds. The van der Waals surface area contributed by atoms with E-state index >= 15 is 0 Å². The molecule has 0 radical (unpaired) electrons. The largest absolute Gasteiger partial charge is 0.484 e. The van der Waals surface area contributed by atoms with Crippen LogP contribution in [0, 0.1) is 6.92 Å². The Balaban J connectivity index is 1.62. The quantitative estimate of drug-likeness (QED) is 0.521. The SMILES string of the molecule is Cc1nc2ccccc2c(=O)n1-c1ccc(Cl)c(NC(=O)COc2ccccc2)c1. The first kappa shape index (κ1) is 19.7. The van der Waals surface area contributed by atoms with Crippen molar-refractivity contribution in [2.45, 2.75) is 6.92 Å². The maximum absolute atomic E-state index is 13.0. The van der Waals surface area contributed by atoms with E-state index in [0.717, 1.165) is 0 Å². The van der Waals surface area contributed by atoms with Gasteiger partial charge in [-0.3, -0.25) is 14.2 Å².